The van der Waals surface area contributed by atoms with Gasteiger partial charge in [-0.1, -0.05) is 6.92 Å². The van der Waals surface area contributed by atoms with E-state index in [1.165, 1.54) is 4.31 Å². The number of hydrogen-bond donors (Lipinski definition) is 1. The lowest BCUT2D eigenvalue weighted by Crippen LogP contribution is -2.33. The second-order valence-corrected chi connectivity index (χ2v) is 6.75. The smallest absolute Gasteiger partial charge is 0.337 e. The molecule has 0 aliphatic heterocycles. The number of hydrogen-bond acceptors (Lipinski definition) is 3. The average Bonchev–Trinajstić information content (AvgIpc) is 3.19. The van der Waals surface area contributed by atoms with E-state index in [1.807, 2.05) is 0 Å². The van der Waals surface area contributed by atoms with Crippen LogP contribution in [-0.4, -0.2) is 36.9 Å². The first-order valence-electron chi connectivity index (χ1n) is 6.39. The monoisotopic (exact) mass is 301 g/mol. The van der Waals surface area contributed by atoms with Crippen molar-refractivity contribution in [3.63, 3.8) is 0 Å². The Morgan fingerprint density at radius 3 is 2.60 bits per heavy atom. The van der Waals surface area contributed by atoms with Crippen molar-refractivity contribution in [2.75, 3.05) is 13.1 Å². The van der Waals surface area contributed by atoms with E-state index in [0.717, 1.165) is 31.0 Å². The number of sulfonamides is 1. The predicted molar refractivity (Wildman–Crippen MR) is 70.5 cm³/mol. The van der Waals surface area contributed by atoms with Crippen LogP contribution in [0.15, 0.2) is 23.1 Å². The molecule has 5 nitrogen and oxygen atoms in total. The maximum Gasteiger partial charge on any atom is 0.337 e. The van der Waals surface area contributed by atoms with Gasteiger partial charge in [-0.25, -0.2) is 17.6 Å². The maximum atomic E-state index is 13.3. The molecule has 1 saturated carbocycles. The Bertz CT molecular complexity index is 625. The summed E-state index contributed by atoms with van der Waals surface area (Å²) in [5, 5.41) is 9.06. The van der Waals surface area contributed by atoms with E-state index in [1.54, 1.807) is 6.92 Å². The standard InChI is InChI=1S/C13H16FNO4S/c1-2-15(8-9-3-4-9)20(18,19)12-7-10(14)5-6-11(12)13(16)17/h5-7,9H,2-4,8H2,1H3,(H,16,17). The van der Waals surface area contributed by atoms with Crippen molar-refractivity contribution in [2.45, 2.75) is 24.7 Å². The number of halogens is 1. The molecule has 20 heavy (non-hydrogen) atoms. The van der Waals surface area contributed by atoms with E-state index in [0.29, 0.717) is 12.5 Å². The van der Waals surface area contributed by atoms with Gasteiger partial charge in [-0.2, -0.15) is 4.31 Å². The number of nitrogens with zero attached hydrogens (tertiary/aromatic N) is 1. The summed E-state index contributed by atoms with van der Waals surface area (Å²) in [5.74, 6) is -1.83. The van der Waals surface area contributed by atoms with Crippen LogP contribution < -0.4 is 0 Å². The zero-order valence-corrected chi connectivity index (χ0v) is 11.9. The third-order valence-electron chi connectivity index (χ3n) is 3.30. The summed E-state index contributed by atoms with van der Waals surface area (Å²) in [4.78, 5) is 10.6. The fourth-order valence-electron chi connectivity index (χ4n) is 2.01. The molecular weight excluding hydrogens is 285 g/mol. The molecule has 0 aromatic heterocycles. The molecule has 0 amide bonds. The number of carboxylic acids is 1. The van der Waals surface area contributed by atoms with E-state index in [-0.39, 0.29) is 6.54 Å². The topological polar surface area (TPSA) is 74.7 Å². The number of aromatic carboxylic acids is 1. The highest BCUT2D eigenvalue weighted by Gasteiger charge is 2.33. The minimum absolute atomic E-state index is 0.231. The summed E-state index contributed by atoms with van der Waals surface area (Å²) < 4.78 is 39.5. The van der Waals surface area contributed by atoms with E-state index >= 15 is 0 Å². The number of carboxylic acid groups (broad SMARTS) is 1. The normalized spacial score (nSPS) is 15.6. The molecule has 110 valence electrons. The summed E-state index contributed by atoms with van der Waals surface area (Å²) in [6.45, 7) is 2.27. The van der Waals surface area contributed by atoms with Crippen molar-refractivity contribution < 1.29 is 22.7 Å². The van der Waals surface area contributed by atoms with Crippen LogP contribution in [0.2, 0.25) is 0 Å². The van der Waals surface area contributed by atoms with Crippen LogP contribution in [-0.2, 0) is 10.0 Å². The fraction of sp³-hybridized carbons (Fsp3) is 0.462. The van der Waals surface area contributed by atoms with Crippen molar-refractivity contribution in [3.05, 3.63) is 29.6 Å². The summed E-state index contributed by atoms with van der Waals surface area (Å²) in [6.07, 6.45) is 1.95. The Hall–Kier alpha value is -1.47. The Morgan fingerprint density at radius 2 is 2.10 bits per heavy atom. The Balaban J connectivity index is 2.46. The van der Waals surface area contributed by atoms with Gasteiger partial charge in [0.15, 0.2) is 0 Å². The number of rotatable bonds is 6. The van der Waals surface area contributed by atoms with E-state index in [4.69, 9.17) is 5.11 Å². The van der Waals surface area contributed by atoms with Crippen LogP contribution in [0, 0.1) is 11.7 Å². The second kappa shape index (κ2) is 5.49. The van der Waals surface area contributed by atoms with Crippen molar-refractivity contribution in [1.29, 1.82) is 0 Å². The van der Waals surface area contributed by atoms with Gasteiger partial charge in [-0.3, -0.25) is 0 Å². The van der Waals surface area contributed by atoms with Gasteiger partial charge in [0.05, 0.1) is 10.5 Å². The van der Waals surface area contributed by atoms with Gasteiger partial charge in [0, 0.05) is 13.1 Å². The Labute approximate surface area is 117 Å². The summed E-state index contributed by atoms with van der Waals surface area (Å²) in [7, 11) is -3.99. The van der Waals surface area contributed by atoms with Gasteiger partial charge in [0.25, 0.3) is 0 Å². The largest absolute Gasteiger partial charge is 0.478 e. The van der Waals surface area contributed by atoms with Gasteiger partial charge in [-0.05, 0) is 37.0 Å². The van der Waals surface area contributed by atoms with Crippen molar-refractivity contribution in [2.24, 2.45) is 5.92 Å². The molecule has 0 saturated heterocycles. The van der Waals surface area contributed by atoms with Crippen LogP contribution in [0.25, 0.3) is 0 Å². The molecule has 0 bridgehead atoms. The highest BCUT2D eigenvalue weighted by Crippen LogP contribution is 2.32. The average molecular weight is 301 g/mol. The van der Waals surface area contributed by atoms with E-state index in [2.05, 4.69) is 0 Å². The van der Waals surface area contributed by atoms with Crippen molar-refractivity contribution >= 4 is 16.0 Å². The molecule has 1 fully saturated rings. The van der Waals surface area contributed by atoms with E-state index < -0.39 is 32.3 Å². The summed E-state index contributed by atoms with van der Waals surface area (Å²) in [6, 6.07) is 2.70. The summed E-state index contributed by atoms with van der Waals surface area (Å²) >= 11 is 0. The lowest BCUT2D eigenvalue weighted by atomic mass is 10.2. The predicted octanol–water partition coefficient (Wildman–Crippen LogP) is 1.94. The minimum atomic E-state index is -3.99. The molecule has 0 atom stereocenters. The molecule has 0 unspecified atom stereocenters. The van der Waals surface area contributed by atoms with Gasteiger partial charge in [-0.15, -0.1) is 0 Å². The maximum absolute atomic E-state index is 13.3. The van der Waals surface area contributed by atoms with Crippen LogP contribution in [0.3, 0.4) is 0 Å². The molecule has 1 aliphatic carbocycles. The quantitative estimate of drug-likeness (QED) is 0.871. The van der Waals surface area contributed by atoms with Crippen LogP contribution in [0.5, 0.6) is 0 Å². The molecule has 0 spiro atoms. The number of benzene rings is 1. The lowest BCUT2D eigenvalue weighted by molar-refractivity contribution is 0.0692. The van der Waals surface area contributed by atoms with E-state index in [9.17, 15) is 17.6 Å². The Kier molecular flexibility index (Phi) is 4.10. The lowest BCUT2D eigenvalue weighted by Gasteiger charge is -2.21. The highest BCUT2D eigenvalue weighted by molar-refractivity contribution is 7.89. The van der Waals surface area contributed by atoms with Crippen LogP contribution >= 0.6 is 0 Å². The van der Waals surface area contributed by atoms with Crippen LogP contribution in [0.1, 0.15) is 30.1 Å². The minimum Gasteiger partial charge on any atom is -0.478 e. The van der Waals surface area contributed by atoms with Crippen molar-refractivity contribution in [3.8, 4) is 0 Å². The number of carbonyl (C=O) groups is 1. The molecule has 2 rings (SSSR count). The van der Waals surface area contributed by atoms with Gasteiger partial charge < -0.3 is 5.11 Å². The zero-order valence-electron chi connectivity index (χ0n) is 11.0. The third kappa shape index (κ3) is 2.99. The molecule has 0 heterocycles. The SMILES string of the molecule is CCN(CC1CC1)S(=O)(=O)c1cc(F)ccc1C(=O)O. The summed E-state index contributed by atoms with van der Waals surface area (Å²) in [5.41, 5.74) is -0.402. The molecule has 7 heteroatoms. The van der Waals surface area contributed by atoms with Crippen molar-refractivity contribution in [1.82, 2.24) is 4.31 Å². The molecular formula is C13H16FNO4S. The molecule has 1 aromatic carbocycles. The third-order valence-corrected chi connectivity index (χ3v) is 5.28. The second-order valence-electron chi connectivity index (χ2n) is 4.84. The molecule has 0 radical (unpaired) electrons. The van der Waals surface area contributed by atoms with Gasteiger partial charge >= 0.3 is 5.97 Å². The first-order valence-corrected chi connectivity index (χ1v) is 7.83. The first kappa shape index (κ1) is 14.9. The zero-order chi connectivity index (χ0) is 14.9. The highest BCUT2D eigenvalue weighted by atomic mass is 32.2. The van der Waals surface area contributed by atoms with Gasteiger partial charge in [0.1, 0.15) is 5.82 Å². The Morgan fingerprint density at radius 1 is 1.45 bits per heavy atom. The molecule has 1 aromatic rings. The molecule has 1 aliphatic rings. The molecule has 1 N–H and O–H groups in total. The van der Waals surface area contributed by atoms with Crippen LogP contribution in [0.4, 0.5) is 4.39 Å². The van der Waals surface area contributed by atoms with Gasteiger partial charge in [0.2, 0.25) is 10.0 Å². The fourth-order valence-corrected chi connectivity index (χ4v) is 3.73. The first-order chi connectivity index (χ1) is 9.36.